The number of anilines is 1. The molecule has 1 atom stereocenters. The minimum absolute atomic E-state index is 0.0434. The lowest BCUT2D eigenvalue weighted by molar-refractivity contribution is 0.0703. The van der Waals surface area contributed by atoms with Crippen molar-refractivity contribution in [2.45, 2.75) is 13.0 Å². The van der Waals surface area contributed by atoms with Gasteiger partial charge in [-0.2, -0.15) is 8.42 Å². The van der Waals surface area contributed by atoms with Crippen molar-refractivity contribution in [2.75, 3.05) is 18.1 Å². The number of hydrogen-bond donors (Lipinski definition) is 3. The maximum absolute atomic E-state index is 11.6. The SMILES string of the molecule is C[C@@H](N)CNc1c(C(=O)O)sc2ccc3nc(OS(C)(=O)=O)ccc3c12. The summed E-state index contributed by atoms with van der Waals surface area (Å²) in [5, 5.41) is 14.0. The number of hydrogen-bond acceptors (Lipinski definition) is 8. The fourth-order valence-corrected chi connectivity index (χ4v) is 4.00. The van der Waals surface area contributed by atoms with E-state index in [1.54, 1.807) is 18.2 Å². The molecule has 26 heavy (non-hydrogen) atoms. The largest absolute Gasteiger partial charge is 0.477 e. The molecule has 2 heterocycles. The van der Waals surface area contributed by atoms with E-state index in [9.17, 15) is 18.3 Å². The highest BCUT2D eigenvalue weighted by Gasteiger charge is 2.20. The van der Waals surface area contributed by atoms with Crippen LogP contribution >= 0.6 is 11.3 Å². The van der Waals surface area contributed by atoms with Gasteiger partial charge in [0.25, 0.3) is 0 Å². The molecule has 4 N–H and O–H groups in total. The van der Waals surface area contributed by atoms with Gasteiger partial charge in [-0.1, -0.05) is 0 Å². The van der Waals surface area contributed by atoms with E-state index in [1.165, 1.54) is 6.07 Å². The number of nitrogens with two attached hydrogens (primary N) is 1. The number of carboxylic acid groups (broad SMARTS) is 1. The van der Waals surface area contributed by atoms with Crippen LogP contribution < -0.4 is 15.2 Å². The Morgan fingerprint density at radius 3 is 2.73 bits per heavy atom. The second-order valence-electron chi connectivity index (χ2n) is 5.91. The number of carbonyl (C=O) groups is 1. The van der Waals surface area contributed by atoms with E-state index >= 15 is 0 Å². The third-order valence-corrected chi connectivity index (χ3v) is 5.14. The maximum atomic E-state index is 11.6. The number of thiophene rings is 1. The first-order chi connectivity index (χ1) is 12.2. The standard InChI is InChI=1S/C16H17N3O5S2/c1-8(17)7-18-14-13-9-3-6-12(24-26(2,22)23)19-10(9)4-5-11(13)25-15(14)16(20)21/h3-6,8,18H,7,17H2,1-2H3,(H,20,21)/t8-/m1/s1. The lowest BCUT2D eigenvalue weighted by Crippen LogP contribution is -2.25. The number of nitrogens with zero attached hydrogens (tertiary/aromatic N) is 1. The van der Waals surface area contributed by atoms with E-state index in [2.05, 4.69) is 10.3 Å². The second kappa shape index (κ2) is 6.71. The molecule has 0 fully saturated rings. The highest BCUT2D eigenvalue weighted by molar-refractivity contribution is 7.86. The molecule has 0 radical (unpaired) electrons. The predicted molar refractivity (Wildman–Crippen MR) is 102 cm³/mol. The number of pyridine rings is 1. The molecule has 0 spiro atoms. The first kappa shape index (κ1) is 18.4. The summed E-state index contributed by atoms with van der Waals surface area (Å²) in [7, 11) is -3.69. The van der Waals surface area contributed by atoms with Crippen LogP contribution in [0.2, 0.25) is 0 Å². The van der Waals surface area contributed by atoms with Crippen molar-refractivity contribution >= 4 is 54.1 Å². The Morgan fingerprint density at radius 2 is 2.12 bits per heavy atom. The minimum Gasteiger partial charge on any atom is -0.477 e. The summed E-state index contributed by atoms with van der Waals surface area (Å²) >= 11 is 1.15. The number of benzene rings is 1. The van der Waals surface area contributed by atoms with Crippen LogP contribution in [0.3, 0.4) is 0 Å². The molecule has 138 valence electrons. The third kappa shape index (κ3) is 3.71. The average Bonchev–Trinajstić information content (AvgIpc) is 2.90. The monoisotopic (exact) mass is 395 g/mol. The van der Waals surface area contributed by atoms with Crippen molar-refractivity contribution in [3.05, 3.63) is 29.1 Å². The van der Waals surface area contributed by atoms with Crippen LogP contribution in [0.1, 0.15) is 16.6 Å². The van der Waals surface area contributed by atoms with Crippen LogP contribution in [-0.4, -0.2) is 43.3 Å². The van der Waals surface area contributed by atoms with Gasteiger partial charge in [0.2, 0.25) is 5.88 Å². The molecule has 0 amide bonds. The number of carboxylic acids is 1. The smallest absolute Gasteiger partial charge is 0.348 e. The first-order valence-electron chi connectivity index (χ1n) is 7.64. The Morgan fingerprint density at radius 1 is 1.38 bits per heavy atom. The Hall–Kier alpha value is -2.43. The zero-order valence-corrected chi connectivity index (χ0v) is 15.6. The van der Waals surface area contributed by atoms with Gasteiger partial charge >= 0.3 is 16.1 Å². The zero-order valence-electron chi connectivity index (χ0n) is 14.0. The van der Waals surface area contributed by atoms with Crippen molar-refractivity contribution in [3.63, 3.8) is 0 Å². The summed E-state index contributed by atoms with van der Waals surface area (Å²) < 4.78 is 28.2. The number of aromatic carboxylic acids is 1. The molecule has 10 heteroatoms. The summed E-state index contributed by atoms with van der Waals surface area (Å²) in [6.07, 6.45) is 0.941. The van der Waals surface area contributed by atoms with Gasteiger partial charge < -0.3 is 20.3 Å². The Bertz CT molecular complexity index is 1110. The summed E-state index contributed by atoms with van der Waals surface area (Å²) in [6.45, 7) is 2.22. The van der Waals surface area contributed by atoms with Crippen molar-refractivity contribution in [1.29, 1.82) is 0 Å². The normalized spacial score (nSPS) is 13.0. The van der Waals surface area contributed by atoms with Crippen molar-refractivity contribution < 1.29 is 22.5 Å². The van der Waals surface area contributed by atoms with E-state index in [0.29, 0.717) is 28.5 Å². The van der Waals surface area contributed by atoms with Crippen molar-refractivity contribution in [1.82, 2.24) is 4.98 Å². The van der Waals surface area contributed by atoms with Crippen molar-refractivity contribution in [2.24, 2.45) is 5.73 Å². The molecule has 1 aromatic carbocycles. The lowest BCUT2D eigenvalue weighted by Gasteiger charge is -2.11. The molecule has 0 bridgehead atoms. The summed E-state index contributed by atoms with van der Waals surface area (Å²) in [5.74, 6) is -1.07. The molecule has 3 rings (SSSR count). The van der Waals surface area contributed by atoms with Gasteiger partial charge in [-0.15, -0.1) is 11.3 Å². The number of fused-ring (bicyclic) bond motifs is 3. The van der Waals surface area contributed by atoms with E-state index in [0.717, 1.165) is 22.3 Å². The van der Waals surface area contributed by atoms with Crippen LogP contribution in [0.4, 0.5) is 5.69 Å². The van der Waals surface area contributed by atoms with Gasteiger partial charge in [0, 0.05) is 34.1 Å². The highest BCUT2D eigenvalue weighted by Crippen LogP contribution is 2.40. The van der Waals surface area contributed by atoms with Gasteiger partial charge in [0.1, 0.15) is 4.88 Å². The Balaban J connectivity index is 2.21. The molecule has 0 aliphatic carbocycles. The molecular weight excluding hydrogens is 378 g/mol. The minimum atomic E-state index is -3.69. The molecule has 2 aromatic heterocycles. The highest BCUT2D eigenvalue weighted by atomic mass is 32.2. The van der Waals surface area contributed by atoms with E-state index in [-0.39, 0.29) is 16.8 Å². The topological polar surface area (TPSA) is 132 Å². The maximum Gasteiger partial charge on any atom is 0.348 e. The van der Waals surface area contributed by atoms with Gasteiger partial charge in [-0.05, 0) is 25.1 Å². The van der Waals surface area contributed by atoms with E-state index in [4.69, 9.17) is 9.92 Å². The number of nitrogens with one attached hydrogen (secondary N) is 1. The summed E-state index contributed by atoms with van der Waals surface area (Å²) in [4.78, 5) is 16.0. The van der Waals surface area contributed by atoms with Crippen LogP contribution in [-0.2, 0) is 10.1 Å². The molecule has 0 saturated heterocycles. The van der Waals surface area contributed by atoms with Gasteiger partial charge in [0.05, 0.1) is 17.5 Å². The molecule has 3 aromatic rings. The predicted octanol–water partition coefficient (Wildman–Crippen LogP) is 2.25. The fourth-order valence-electron chi connectivity index (χ4n) is 2.57. The van der Waals surface area contributed by atoms with Gasteiger partial charge in [-0.3, -0.25) is 0 Å². The Kier molecular flexibility index (Phi) is 4.74. The van der Waals surface area contributed by atoms with Crippen LogP contribution in [0.15, 0.2) is 24.3 Å². The summed E-state index contributed by atoms with van der Waals surface area (Å²) in [5.41, 5.74) is 6.76. The number of rotatable bonds is 6. The van der Waals surface area contributed by atoms with Crippen LogP contribution in [0.25, 0.3) is 21.0 Å². The molecule has 0 unspecified atom stereocenters. The Labute approximate surface area is 153 Å². The second-order valence-corrected chi connectivity index (χ2v) is 8.54. The average molecular weight is 395 g/mol. The zero-order chi connectivity index (χ0) is 19.1. The van der Waals surface area contributed by atoms with Crippen molar-refractivity contribution in [3.8, 4) is 5.88 Å². The molecular formula is C16H17N3O5S2. The molecule has 0 aliphatic rings. The van der Waals surface area contributed by atoms with Crippen LogP contribution in [0, 0.1) is 0 Å². The van der Waals surface area contributed by atoms with Gasteiger partial charge in [-0.25, -0.2) is 9.78 Å². The first-order valence-corrected chi connectivity index (χ1v) is 10.3. The molecule has 0 saturated carbocycles. The van der Waals surface area contributed by atoms with Gasteiger partial charge in [0.15, 0.2) is 0 Å². The molecule has 0 aliphatic heterocycles. The fraction of sp³-hybridized carbons (Fsp3) is 0.250. The van der Waals surface area contributed by atoms with E-state index < -0.39 is 16.1 Å². The van der Waals surface area contributed by atoms with E-state index in [1.807, 2.05) is 6.92 Å². The third-order valence-electron chi connectivity index (χ3n) is 3.53. The number of aromatic nitrogens is 1. The summed E-state index contributed by atoms with van der Waals surface area (Å²) in [6, 6.07) is 6.40. The quantitative estimate of drug-likeness (QED) is 0.542. The molecule has 8 nitrogen and oxygen atoms in total. The lowest BCUT2D eigenvalue weighted by atomic mass is 10.1. The van der Waals surface area contributed by atoms with Crippen LogP contribution in [0.5, 0.6) is 5.88 Å².